The van der Waals surface area contributed by atoms with Crippen molar-refractivity contribution in [1.29, 1.82) is 0 Å². The highest BCUT2D eigenvalue weighted by molar-refractivity contribution is 6.00. The number of carbonyl (C=O) groups excluding carboxylic acids is 2. The predicted molar refractivity (Wildman–Crippen MR) is 56.0 cm³/mol. The Morgan fingerprint density at radius 1 is 1.27 bits per heavy atom. The molecule has 4 heteroatoms. The fourth-order valence-electron chi connectivity index (χ4n) is 0.929. The van der Waals surface area contributed by atoms with Crippen molar-refractivity contribution in [2.24, 2.45) is 0 Å². The van der Waals surface area contributed by atoms with Crippen LogP contribution in [-0.2, 0) is 9.53 Å². The average Bonchev–Trinajstić information content (AvgIpc) is 2.27. The second-order valence-corrected chi connectivity index (χ2v) is 2.72. The van der Waals surface area contributed by atoms with Crippen LogP contribution in [0.2, 0.25) is 0 Å². The first kappa shape index (κ1) is 11.0. The molecule has 0 radical (unpaired) electrons. The fraction of sp³-hybridized carbons (Fsp3) is 0.0909. The van der Waals surface area contributed by atoms with Gasteiger partial charge in [0.2, 0.25) is 0 Å². The van der Waals surface area contributed by atoms with Crippen molar-refractivity contribution in [3.05, 3.63) is 42.0 Å². The molecule has 4 nitrogen and oxygen atoms in total. The first-order valence-corrected chi connectivity index (χ1v) is 4.34. The van der Waals surface area contributed by atoms with Gasteiger partial charge in [-0.15, -0.1) is 0 Å². The van der Waals surface area contributed by atoms with E-state index in [0.717, 1.165) is 5.56 Å². The van der Waals surface area contributed by atoms with Crippen molar-refractivity contribution < 1.29 is 14.3 Å². The highest BCUT2D eigenvalue weighted by Gasteiger charge is 2.02. The van der Waals surface area contributed by atoms with Crippen LogP contribution in [0.25, 0.3) is 6.08 Å². The number of benzene rings is 1. The van der Waals surface area contributed by atoms with Gasteiger partial charge in [0.1, 0.15) is 0 Å². The molecule has 0 aliphatic carbocycles. The van der Waals surface area contributed by atoms with E-state index in [1.165, 1.54) is 13.2 Å². The SMILES string of the molecule is COC(=O)NC(=O)C=Cc1ccccc1. The lowest BCUT2D eigenvalue weighted by Gasteiger charge is -1.97. The Kier molecular flexibility index (Phi) is 4.09. The minimum absolute atomic E-state index is 0.509. The van der Waals surface area contributed by atoms with Crippen molar-refractivity contribution >= 4 is 18.1 Å². The van der Waals surface area contributed by atoms with Gasteiger partial charge in [0.05, 0.1) is 7.11 Å². The van der Waals surface area contributed by atoms with Crippen LogP contribution in [-0.4, -0.2) is 19.1 Å². The lowest BCUT2D eigenvalue weighted by molar-refractivity contribution is -0.115. The molecule has 0 heterocycles. The molecule has 1 N–H and O–H groups in total. The molecular weight excluding hydrogens is 194 g/mol. The zero-order chi connectivity index (χ0) is 11.1. The van der Waals surface area contributed by atoms with Gasteiger partial charge in [0, 0.05) is 6.08 Å². The van der Waals surface area contributed by atoms with Crippen LogP contribution in [0.15, 0.2) is 36.4 Å². The molecular formula is C11H11NO3. The number of hydrogen-bond acceptors (Lipinski definition) is 3. The number of hydrogen-bond donors (Lipinski definition) is 1. The molecule has 0 atom stereocenters. The van der Waals surface area contributed by atoms with E-state index in [2.05, 4.69) is 4.74 Å². The van der Waals surface area contributed by atoms with E-state index in [0.29, 0.717) is 0 Å². The molecule has 1 aromatic carbocycles. The summed E-state index contributed by atoms with van der Waals surface area (Å²) < 4.78 is 4.27. The Morgan fingerprint density at radius 3 is 2.53 bits per heavy atom. The monoisotopic (exact) mass is 205 g/mol. The van der Waals surface area contributed by atoms with Crippen LogP contribution in [0.3, 0.4) is 0 Å². The lowest BCUT2D eigenvalue weighted by atomic mass is 10.2. The Balaban J connectivity index is 2.52. The summed E-state index contributed by atoms with van der Waals surface area (Å²) >= 11 is 0. The highest BCUT2D eigenvalue weighted by atomic mass is 16.5. The van der Waals surface area contributed by atoms with Gasteiger partial charge >= 0.3 is 6.09 Å². The van der Waals surface area contributed by atoms with Crippen molar-refractivity contribution in [2.45, 2.75) is 0 Å². The minimum Gasteiger partial charge on any atom is -0.453 e. The molecule has 0 unspecified atom stereocenters. The maximum absolute atomic E-state index is 11.1. The summed E-state index contributed by atoms with van der Waals surface area (Å²) in [5.41, 5.74) is 0.887. The maximum Gasteiger partial charge on any atom is 0.413 e. The quantitative estimate of drug-likeness (QED) is 0.746. The molecule has 0 aromatic heterocycles. The maximum atomic E-state index is 11.1. The second-order valence-electron chi connectivity index (χ2n) is 2.72. The third-order valence-corrected chi connectivity index (χ3v) is 1.64. The Bertz CT molecular complexity index is 371. The van der Waals surface area contributed by atoms with Crippen molar-refractivity contribution in [3.63, 3.8) is 0 Å². The summed E-state index contributed by atoms with van der Waals surface area (Å²) in [6.45, 7) is 0. The van der Waals surface area contributed by atoms with Crippen LogP contribution in [0.1, 0.15) is 5.56 Å². The topological polar surface area (TPSA) is 55.4 Å². The van der Waals surface area contributed by atoms with Gasteiger partial charge in [0.25, 0.3) is 5.91 Å². The standard InChI is InChI=1S/C11H11NO3/c1-15-11(14)12-10(13)8-7-9-5-3-2-4-6-9/h2-8H,1H3,(H,12,13,14). The molecule has 1 rings (SSSR count). The van der Waals surface area contributed by atoms with Crippen LogP contribution in [0.5, 0.6) is 0 Å². The van der Waals surface area contributed by atoms with Gasteiger partial charge in [0.15, 0.2) is 0 Å². The summed E-state index contributed by atoms with van der Waals surface area (Å²) in [6, 6.07) is 9.30. The van der Waals surface area contributed by atoms with Crippen LogP contribution >= 0.6 is 0 Å². The zero-order valence-electron chi connectivity index (χ0n) is 8.27. The fourth-order valence-corrected chi connectivity index (χ4v) is 0.929. The highest BCUT2D eigenvalue weighted by Crippen LogP contribution is 2.00. The normalized spacial score (nSPS) is 9.93. The van der Waals surface area contributed by atoms with Crippen molar-refractivity contribution in [3.8, 4) is 0 Å². The Hall–Kier alpha value is -2.10. The summed E-state index contributed by atoms with van der Waals surface area (Å²) in [5, 5.41) is 2.01. The van der Waals surface area contributed by atoms with E-state index in [4.69, 9.17) is 0 Å². The van der Waals surface area contributed by atoms with Gasteiger partial charge < -0.3 is 4.74 Å². The number of nitrogens with one attached hydrogen (secondary N) is 1. The number of carbonyl (C=O) groups is 2. The summed E-state index contributed by atoms with van der Waals surface area (Å²) in [6.07, 6.45) is 2.11. The van der Waals surface area contributed by atoms with E-state index in [1.807, 2.05) is 35.6 Å². The van der Waals surface area contributed by atoms with Crippen LogP contribution in [0, 0.1) is 0 Å². The zero-order valence-corrected chi connectivity index (χ0v) is 8.27. The van der Waals surface area contributed by atoms with Gasteiger partial charge in [-0.25, -0.2) is 4.79 Å². The summed E-state index contributed by atoms with van der Waals surface area (Å²) in [7, 11) is 1.20. The lowest BCUT2D eigenvalue weighted by Crippen LogP contribution is -2.28. The number of alkyl carbamates (subject to hydrolysis) is 1. The molecule has 0 fully saturated rings. The van der Waals surface area contributed by atoms with Gasteiger partial charge in [-0.1, -0.05) is 30.3 Å². The number of rotatable bonds is 2. The van der Waals surface area contributed by atoms with Gasteiger partial charge in [-0.2, -0.15) is 0 Å². The largest absolute Gasteiger partial charge is 0.453 e. The molecule has 78 valence electrons. The molecule has 0 bridgehead atoms. The van der Waals surface area contributed by atoms with Crippen LogP contribution < -0.4 is 5.32 Å². The number of ether oxygens (including phenoxy) is 1. The third kappa shape index (κ3) is 4.08. The van der Waals surface area contributed by atoms with E-state index < -0.39 is 12.0 Å². The molecule has 0 spiro atoms. The number of methoxy groups -OCH3 is 1. The Morgan fingerprint density at radius 2 is 1.93 bits per heavy atom. The molecule has 2 amide bonds. The van der Waals surface area contributed by atoms with E-state index >= 15 is 0 Å². The van der Waals surface area contributed by atoms with Gasteiger partial charge in [-0.3, -0.25) is 10.1 Å². The average molecular weight is 205 g/mol. The van der Waals surface area contributed by atoms with Crippen molar-refractivity contribution in [2.75, 3.05) is 7.11 Å². The smallest absolute Gasteiger partial charge is 0.413 e. The molecule has 1 aromatic rings. The summed E-state index contributed by atoms with van der Waals surface area (Å²) in [4.78, 5) is 21.7. The van der Waals surface area contributed by atoms with Crippen molar-refractivity contribution in [1.82, 2.24) is 5.32 Å². The molecule has 15 heavy (non-hydrogen) atoms. The molecule has 0 aliphatic heterocycles. The first-order valence-electron chi connectivity index (χ1n) is 4.34. The van der Waals surface area contributed by atoms with Crippen LogP contribution in [0.4, 0.5) is 4.79 Å². The molecule has 0 aliphatic rings. The van der Waals surface area contributed by atoms with E-state index in [9.17, 15) is 9.59 Å². The first-order chi connectivity index (χ1) is 7.22. The number of imide groups is 1. The summed E-state index contributed by atoms with van der Waals surface area (Å²) in [5.74, 6) is -0.509. The molecule has 0 saturated heterocycles. The minimum atomic E-state index is -0.766. The predicted octanol–water partition coefficient (Wildman–Crippen LogP) is 1.58. The Labute approximate surface area is 87.6 Å². The van der Waals surface area contributed by atoms with Gasteiger partial charge in [-0.05, 0) is 11.6 Å². The van der Waals surface area contributed by atoms with E-state index in [-0.39, 0.29) is 0 Å². The number of amides is 2. The second kappa shape index (κ2) is 5.59. The molecule has 0 saturated carbocycles. The third-order valence-electron chi connectivity index (χ3n) is 1.64. The van der Waals surface area contributed by atoms with E-state index in [1.54, 1.807) is 6.08 Å².